The van der Waals surface area contributed by atoms with Crippen LogP contribution in [0.3, 0.4) is 0 Å². The summed E-state index contributed by atoms with van der Waals surface area (Å²) in [4.78, 5) is 17.6. The van der Waals surface area contributed by atoms with E-state index in [4.69, 9.17) is 25.8 Å². The van der Waals surface area contributed by atoms with Crippen molar-refractivity contribution in [2.45, 2.75) is 94.6 Å². The van der Waals surface area contributed by atoms with Crippen LogP contribution >= 0.6 is 11.6 Å². The fourth-order valence-electron chi connectivity index (χ4n) is 9.04. The maximum Gasteiger partial charge on any atom is 0.329 e. The molecule has 0 amide bonds. The number of pyridine rings is 1. The molecule has 3 aliphatic carbocycles. The van der Waals surface area contributed by atoms with E-state index in [-0.39, 0.29) is 11.5 Å². The number of nitrogens with zero attached hydrogens (tertiary/aromatic N) is 1. The van der Waals surface area contributed by atoms with E-state index in [1.807, 2.05) is 31.4 Å². The van der Waals surface area contributed by atoms with E-state index < -0.39 is 11.5 Å². The van der Waals surface area contributed by atoms with Gasteiger partial charge in [0.05, 0.1) is 6.61 Å². The lowest BCUT2D eigenvalue weighted by molar-refractivity contribution is -0.144. The number of aryl methyl sites for hydroxylation is 1. The molecule has 2 unspecified atom stereocenters. The van der Waals surface area contributed by atoms with Crippen molar-refractivity contribution in [2.24, 2.45) is 11.8 Å². The van der Waals surface area contributed by atoms with E-state index >= 15 is 0 Å². The molecular weight excluding hydrogens is 626 g/mol. The Labute approximate surface area is 288 Å². The second-order valence-electron chi connectivity index (χ2n) is 14.8. The van der Waals surface area contributed by atoms with Crippen LogP contribution in [-0.4, -0.2) is 54.5 Å². The summed E-state index contributed by atoms with van der Waals surface area (Å²) < 4.78 is 19.2. The number of aliphatic carboxylic acids is 1. The fraction of sp³-hybridized carbons (Fsp3) is 0.538. The molecule has 3 N–H and O–H groups in total. The van der Waals surface area contributed by atoms with E-state index in [2.05, 4.69) is 41.6 Å². The number of benzene rings is 2. The Morgan fingerprint density at radius 2 is 2.00 bits per heavy atom. The molecule has 3 aromatic rings. The number of anilines is 1. The minimum Gasteiger partial charge on any atom is -0.493 e. The molecule has 256 valence electrons. The van der Waals surface area contributed by atoms with Crippen LogP contribution in [0.2, 0.25) is 5.02 Å². The summed E-state index contributed by atoms with van der Waals surface area (Å²) in [5.41, 5.74) is 4.56. The zero-order valence-corrected chi connectivity index (χ0v) is 29.1. The van der Waals surface area contributed by atoms with Crippen LogP contribution in [-0.2, 0) is 23.1 Å². The number of likely N-dealkylation sites (N-methyl/N-ethyl adjacent to an activating group) is 1. The largest absolute Gasteiger partial charge is 0.493 e. The van der Waals surface area contributed by atoms with E-state index in [1.165, 1.54) is 35.2 Å². The third-order valence-electron chi connectivity index (χ3n) is 11.5. The number of hydrogen-bond donors (Lipinski definition) is 3. The predicted octanol–water partition coefficient (Wildman–Crippen LogP) is 7.56. The van der Waals surface area contributed by atoms with Gasteiger partial charge in [0.25, 0.3) is 0 Å². The van der Waals surface area contributed by atoms with Gasteiger partial charge in [0.1, 0.15) is 24.0 Å². The van der Waals surface area contributed by atoms with E-state index in [9.17, 15) is 9.90 Å². The number of carbonyl (C=O) groups is 1. The summed E-state index contributed by atoms with van der Waals surface area (Å²) >= 11 is 6.28. The zero-order chi connectivity index (χ0) is 33.5. The highest BCUT2D eigenvalue weighted by Gasteiger charge is 2.54. The number of fused-ring (bicyclic) bond motifs is 4. The molecule has 2 aromatic carbocycles. The topological polar surface area (TPSA) is 102 Å². The number of carboxylic acid groups (broad SMARTS) is 1. The number of hydrogen-bond acceptors (Lipinski definition) is 7. The minimum atomic E-state index is -1.07. The van der Waals surface area contributed by atoms with E-state index in [0.29, 0.717) is 55.4 Å². The highest BCUT2D eigenvalue weighted by molar-refractivity contribution is 6.30. The summed E-state index contributed by atoms with van der Waals surface area (Å²) in [5.74, 6) is 2.87. The summed E-state index contributed by atoms with van der Waals surface area (Å²) in [6, 6.07) is 13.8. The zero-order valence-electron chi connectivity index (χ0n) is 28.3. The lowest BCUT2D eigenvalue weighted by Gasteiger charge is -2.47. The predicted molar refractivity (Wildman–Crippen MR) is 188 cm³/mol. The lowest BCUT2D eigenvalue weighted by atomic mass is 9.59. The molecule has 4 atom stereocenters. The number of ether oxygens (including phenoxy) is 3. The number of rotatable bonds is 10. The Morgan fingerprint density at radius 1 is 1.17 bits per heavy atom. The first kappa shape index (κ1) is 33.0. The fourth-order valence-corrected chi connectivity index (χ4v) is 9.23. The summed E-state index contributed by atoms with van der Waals surface area (Å²) in [5, 5.41) is 17.8. The van der Waals surface area contributed by atoms with Gasteiger partial charge in [-0.1, -0.05) is 31.5 Å². The Bertz CT molecular complexity index is 1650. The van der Waals surface area contributed by atoms with Gasteiger partial charge in [0.15, 0.2) is 11.5 Å². The summed E-state index contributed by atoms with van der Waals surface area (Å²) in [6.45, 7) is 6.43. The monoisotopic (exact) mass is 673 g/mol. The first-order chi connectivity index (χ1) is 23.2. The molecule has 1 saturated carbocycles. The Kier molecular flexibility index (Phi) is 9.24. The van der Waals surface area contributed by atoms with Gasteiger partial charge in [0.2, 0.25) is 0 Å². The molecule has 2 heterocycles. The quantitative estimate of drug-likeness (QED) is 0.203. The van der Waals surface area contributed by atoms with E-state index in [1.54, 1.807) is 12.1 Å². The van der Waals surface area contributed by atoms with Crippen LogP contribution in [0.5, 0.6) is 17.2 Å². The van der Waals surface area contributed by atoms with Gasteiger partial charge in [-0.15, -0.1) is 0 Å². The maximum atomic E-state index is 12.9. The van der Waals surface area contributed by atoms with Crippen molar-refractivity contribution in [3.05, 3.63) is 76.1 Å². The lowest BCUT2D eigenvalue weighted by Crippen LogP contribution is -2.53. The average molecular weight is 674 g/mol. The Morgan fingerprint density at radius 3 is 2.77 bits per heavy atom. The van der Waals surface area contributed by atoms with Crippen molar-refractivity contribution >= 4 is 23.3 Å². The molecule has 1 spiro atoms. The molecule has 0 bridgehead atoms. The standard InChI is InChI=1S/C39H48ClN3O5/c1-24(22-46-33-10-15-42-32-9-4-6-25(2)36(32)33)16-27-17-26-18-34-35(48-30(21-41-3)23-47-34)20-31(26)38(27)11-13-39(14-12-38,37(44)45)43-29-8-5-7-28(40)19-29/h5,7-8,10,15,18-20,24-25,27,30,41,43H,4,6,9,11-14,16-17,21-23H2,1-3H3,(H,44,45)/t24-,25-,27?,30?,38?,39?/m1/s1. The van der Waals surface area contributed by atoms with Crippen molar-refractivity contribution in [3.63, 3.8) is 0 Å². The van der Waals surface area contributed by atoms with Crippen LogP contribution < -0.4 is 24.8 Å². The second-order valence-corrected chi connectivity index (χ2v) is 15.2. The first-order valence-corrected chi connectivity index (χ1v) is 18.1. The van der Waals surface area contributed by atoms with Gasteiger partial charge in [-0.3, -0.25) is 4.98 Å². The van der Waals surface area contributed by atoms with Gasteiger partial charge >= 0.3 is 5.97 Å². The molecule has 1 aliphatic heterocycles. The van der Waals surface area contributed by atoms with Crippen LogP contribution in [0.15, 0.2) is 48.7 Å². The third kappa shape index (κ3) is 6.22. The Balaban J connectivity index is 1.15. The maximum absolute atomic E-state index is 12.9. The summed E-state index contributed by atoms with van der Waals surface area (Å²) in [7, 11) is 1.92. The number of carboxylic acids is 1. The van der Waals surface area contributed by atoms with E-state index in [0.717, 1.165) is 55.0 Å². The van der Waals surface area contributed by atoms with Gasteiger partial charge in [-0.05, 0) is 136 Å². The normalized spacial score (nSPS) is 28.0. The van der Waals surface area contributed by atoms with Crippen molar-refractivity contribution in [3.8, 4) is 17.2 Å². The number of halogens is 1. The molecule has 1 aromatic heterocycles. The third-order valence-corrected chi connectivity index (χ3v) is 11.7. The number of aromatic nitrogens is 1. The van der Waals surface area contributed by atoms with Gasteiger partial charge in [0, 0.05) is 34.7 Å². The molecule has 48 heavy (non-hydrogen) atoms. The van der Waals surface area contributed by atoms with Crippen molar-refractivity contribution in [1.29, 1.82) is 0 Å². The molecular formula is C39H48ClN3O5. The minimum absolute atomic E-state index is 0.0552. The number of nitrogens with one attached hydrogen (secondary N) is 2. The van der Waals surface area contributed by atoms with Crippen LogP contribution in [0, 0.1) is 11.8 Å². The van der Waals surface area contributed by atoms with Gasteiger partial charge < -0.3 is 30.0 Å². The first-order valence-electron chi connectivity index (χ1n) is 17.7. The van der Waals surface area contributed by atoms with Gasteiger partial charge in [-0.25, -0.2) is 4.79 Å². The van der Waals surface area contributed by atoms with Gasteiger partial charge in [-0.2, -0.15) is 0 Å². The molecule has 0 radical (unpaired) electrons. The van der Waals surface area contributed by atoms with Crippen molar-refractivity contribution in [2.75, 3.05) is 32.1 Å². The highest BCUT2D eigenvalue weighted by atomic mass is 35.5. The highest BCUT2D eigenvalue weighted by Crippen LogP contribution is 2.58. The molecule has 9 heteroatoms. The average Bonchev–Trinajstić information content (AvgIpc) is 3.34. The molecule has 0 saturated heterocycles. The van der Waals surface area contributed by atoms with Crippen LogP contribution in [0.25, 0.3) is 0 Å². The molecule has 7 rings (SSSR count). The molecule has 1 fully saturated rings. The summed E-state index contributed by atoms with van der Waals surface area (Å²) in [6.07, 6.45) is 9.64. The smallest absolute Gasteiger partial charge is 0.329 e. The Hall–Kier alpha value is -3.49. The second kappa shape index (κ2) is 13.4. The SMILES string of the molecule is CNCC1COc2cc3c(cc2O1)C1(CCC(Nc2cccc(Cl)c2)(C(=O)O)CC1)C(C[C@@H](C)COc1ccnc2c1[C@H](C)CCC2)C3. The van der Waals surface area contributed by atoms with Crippen LogP contribution in [0.4, 0.5) is 5.69 Å². The van der Waals surface area contributed by atoms with Crippen molar-refractivity contribution < 1.29 is 24.1 Å². The van der Waals surface area contributed by atoms with Crippen molar-refractivity contribution in [1.82, 2.24) is 10.3 Å². The molecule has 8 nitrogen and oxygen atoms in total. The molecule has 4 aliphatic rings. The van der Waals surface area contributed by atoms with Crippen LogP contribution in [0.1, 0.15) is 87.1 Å².